The summed E-state index contributed by atoms with van der Waals surface area (Å²) in [4.78, 5) is 15.7. The van der Waals surface area contributed by atoms with Crippen LogP contribution in [-0.4, -0.2) is 34.2 Å². The maximum Gasteiger partial charge on any atom is 0.182 e. The zero-order valence-corrected chi connectivity index (χ0v) is 24.2. The molecule has 192 valence electrons. The topological polar surface area (TPSA) is 64.4 Å². The Morgan fingerprint density at radius 3 is 2.06 bits per heavy atom. The lowest BCUT2D eigenvalue weighted by molar-refractivity contribution is 0.0951. The lowest BCUT2D eigenvalue weighted by atomic mass is 9.78. The fourth-order valence-electron chi connectivity index (χ4n) is 5.08. The number of nitrogens with zero attached hydrogens (tertiary/aromatic N) is 1. The number of amidine groups is 1. The van der Waals surface area contributed by atoms with Crippen molar-refractivity contribution in [3.63, 3.8) is 0 Å². The second-order valence-electron chi connectivity index (χ2n) is 11.9. The number of likely N-dealkylation sites (tertiary alicyclic amines) is 1. The van der Waals surface area contributed by atoms with E-state index in [4.69, 9.17) is 5.41 Å². The van der Waals surface area contributed by atoms with Gasteiger partial charge in [-0.25, -0.2) is 0 Å². The zero-order valence-electron chi connectivity index (χ0n) is 22.4. The third-order valence-electron chi connectivity index (χ3n) is 7.01. The third kappa shape index (κ3) is 6.75. The van der Waals surface area contributed by atoms with Crippen LogP contribution in [0.3, 0.4) is 0 Å². The highest BCUT2D eigenvalue weighted by Crippen LogP contribution is 2.40. The monoisotopic (exact) mass is 542 g/mol. The molecule has 1 heterocycles. The molecule has 1 aliphatic rings. The summed E-state index contributed by atoms with van der Waals surface area (Å²) in [6.07, 6.45) is 3.78. The number of benzene rings is 2. The quantitative estimate of drug-likeness (QED) is 0.357. The molecule has 2 N–H and O–H groups in total. The van der Waals surface area contributed by atoms with Crippen LogP contribution in [0.2, 0.25) is 0 Å². The molecular formula is C30H43BrN2O2. The minimum atomic E-state index is -0.289. The molecule has 5 heteroatoms. The van der Waals surface area contributed by atoms with E-state index in [1.807, 2.05) is 35.2 Å². The Morgan fingerprint density at radius 2 is 1.57 bits per heavy atom. The van der Waals surface area contributed by atoms with Gasteiger partial charge in [-0.05, 0) is 47.8 Å². The Labute approximate surface area is 222 Å². The molecule has 2 unspecified atom stereocenters. The van der Waals surface area contributed by atoms with Gasteiger partial charge in [0, 0.05) is 28.7 Å². The number of aromatic hydroxyl groups is 1. The maximum absolute atomic E-state index is 13.7. The molecule has 2 aromatic rings. The van der Waals surface area contributed by atoms with E-state index in [2.05, 4.69) is 60.6 Å². The van der Waals surface area contributed by atoms with E-state index < -0.39 is 0 Å². The number of rotatable bonds is 7. The van der Waals surface area contributed by atoms with Crippen LogP contribution in [-0.2, 0) is 17.3 Å². The van der Waals surface area contributed by atoms with Crippen LogP contribution in [0.4, 0.5) is 0 Å². The molecule has 35 heavy (non-hydrogen) atoms. The van der Waals surface area contributed by atoms with Crippen LogP contribution in [0.5, 0.6) is 5.75 Å². The molecular weight excluding hydrogens is 500 g/mol. The van der Waals surface area contributed by atoms with Crippen molar-refractivity contribution >= 4 is 28.6 Å². The van der Waals surface area contributed by atoms with E-state index in [0.29, 0.717) is 11.4 Å². The molecule has 4 nitrogen and oxygen atoms in total. The Kier molecular flexibility index (Phi) is 9.38. The Morgan fingerprint density at radius 1 is 1.03 bits per heavy atom. The van der Waals surface area contributed by atoms with Crippen LogP contribution in [0.1, 0.15) is 94.8 Å². The first-order valence-corrected chi connectivity index (χ1v) is 12.6. The lowest BCUT2D eigenvalue weighted by Gasteiger charge is -2.29. The van der Waals surface area contributed by atoms with Gasteiger partial charge in [0.05, 0.1) is 12.4 Å². The molecule has 2 aromatic carbocycles. The van der Waals surface area contributed by atoms with Gasteiger partial charge >= 0.3 is 0 Å². The summed E-state index contributed by atoms with van der Waals surface area (Å²) in [6, 6.07) is 14.2. The summed E-state index contributed by atoms with van der Waals surface area (Å²) in [6.45, 7) is 14.7. The summed E-state index contributed by atoms with van der Waals surface area (Å²) in [5.74, 6) is 1.11. The van der Waals surface area contributed by atoms with Gasteiger partial charge in [0.2, 0.25) is 0 Å². The number of phenolic OH excluding ortho intramolecular Hbond substituents is 1. The Balaban J connectivity index is 0.00000432. The summed E-state index contributed by atoms with van der Waals surface area (Å²) < 4.78 is 0. The second kappa shape index (κ2) is 11.3. The van der Waals surface area contributed by atoms with Gasteiger partial charge in [-0.15, -0.1) is 17.0 Å². The smallest absolute Gasteiger partial charge is 0.182 e. The number of ketones is 1. The van der Waals surface area contributed by atoms with E-state index in [1.165, 1.54) is 5.56 Å². The Hall–Kier alpha value is -2.14. The lowest BCUT2D eigenvalue weighted by Crippen LogP contribution is -2.39. The molecule has 3 rings (SSSR count). The van der Waals surface area contributed by atoms with Crippen LogP contribution in [0, 0.1) is 11.3 Å². The predicted octanol–water partition coefficient (Wildman–Crippen LogP) is 7.46. The minimum absolute atomic E-state index is 0. The van der Waals surface area contributed by atoms with E-state index >= 15 is 0 Å². The van der Waals surface area contributed by atoms with E-state index in [-0.39, 0.29) is 57.8 Å². The van der Waals surface area contributed by atoms with Gasteiger partial charge in [-0.2, -0.15) is 0 Å². The average Bonchev–Trinajstić information content (AvgIpc) is 3.02. The molecule has 0 saturated carbocycles. The van der Waals surface area contributed by atoms with Crippen LogP contribution >= 0.6 is 17.0 Å². The van der Waals surface area contributed by atoms with Gasteiger partial charge in [0.1, 0.15) is 5.75 Å². The average molecular weight is 544 g/mol. The number of carbonyl (C=O) groups excluding carboxylic acids is 1. The van der Waals surface area contributed by atoms with Crippen molar-refractivity contribution in [1.82, 2.24) is 4.90 Å². The number of Topliss-reactive ketones (excluding diaryl/α,β-unsaturated/α-hetero) is 1. The van der Waals surface area contributed by atoms with Crippen LogP contribution in [0.25, 0.3) is 0 Å². The van der Waals surface area contributed by atoms with Crippen molar-refractivity contribution in [2.45, 2.75) is 91.0 Å². The number of carbonyl (C=O) groups is 1. The van der Waals surface area contributed by atoms with E-state index in [9.17, 15) is 9.90 Å². The summed E-state index contributed by atoms with van der Waals surface area (Å²) in [5, 5.41) is 19.9. The molecule has 0 aromatic heterocycles. The van der Waals surface area contributed by atoms with E-state index in [0.717, 1.165) is 36.8 Å². The highest BCUT2D eigenvalue weighted by atomic mass is 79.9. The summed E-state index contributed by atoms with van der Waals surface area (Å²) in [7, 11) is 0. The zero-order chi connectivity index (χ0) is 25.3. The Bertz CT molecular complexity index is 1000. The van der Waals surface area contributed by atoms with E-state index in [1.54, 1.807) is 0 Å². The number of nitrogens with one attached hydrogen (secondary N) is 1. The molecule has 2 atom stereocenters. The molecule has 0 aliphatic carbocycles. The molecule has 0 amide bonds. The fourth-order valence-corrected chi connectivity index (χ4v) is 5.08. The van der Waals surface area contributed by atoms with Crippen LogP contribution < -0.4 is 0 Å². The first kappa shape index (κ1) is 29.1. The maximum atomic E-state index is 13.7. The molecule has 0 bridgehead atoms. The highest BCUT2D eigenvalue weighted by molar-refractivity contribution is 8.93. The highest BCUT2D eigenvalue weighted by Gasteiger charge is 2.37. The van der Waals surface area contributed by atoms with Gasteiger partial charge in [0.25, 0.3) is 0 Å². The summed E-state index contributed by atoms with van der Waals surface area (Å²) in [5.41, 5.74) is 2.88. The third-order valence-corrected chi connectivity index (χ3v) is 7.01. The van der Waals surface area contributed by atoms with Gasteiger partial charge < -0.3 is 10.0 Å². The standard InChI is InChI=1S/C30H42N2O2.BrH/c1-8-12-21-16-23(15-20-13-10-9-11-14-20)32(28(21)31)19-26(33)22-17-24(29(2,3)4)27(34)25(18-22)30(5,6)7;/h9-11,13-14,17-18,21,23,31,34H,8,12,15-16,19H2,1-7H3;1H. The van der Waals surface area contributed by atoms with Crippen molar-refractivity contribution < 1.29 is 9.90 Å². The largest absolute Gasteiger partial charge is 0.507 e. The van der Waals surface area contributed by atoms with Gasteiger partial charge in [-0.3, -0.25) is 10.2 Å². The molecule has 0 spiro atoms. The number of hydrogen-bond donors (Lipinski definition) is 2. The van der Waals surface area contributed by atoms with Gasteiger partial charge in [-0.1, -0.05) is 85.2 Å². The molecule has 1 saturated heterocycles. The normalized spacial score (nSPS) is 18.5. The first-order valence-electron chi connectivity index (χ1n) is 12.6. The molecule has 0 radical (unpaired) electrons. The number of phenols is 1. The minimum Gasteiger partial charge on any atom is -0.507 e. The van der Waals surface area contributed by atoms with Crippen molar-refractivity contribution in [2.75, 3.05) is 6.54 Å². The predicted molar refractivity (Wildman–Crippen MR) is 152 cm³/mol. The molecule has 1 fully saturated rings. The van der Waals surface area contributed by atoms with Crippen molar-refractivity contribution in [1.29, 1.82) is 5.41 Å². The second-order valence-corrected chi connectivity index (χ2v) is 11.9. The van der Waals surface area contributed by atoms with Crippen LogP contribution in [0.15, 0.2) is 42.5 Å². The number of hydrogen-bond acceptors (Lipinski definition) is 3. The van der Waals surface area contributed by atoms with Crippen molar-refractivity contribution in [2.24, 2.45) is 5.92 Å². The summed E-state index contributed by atoms with van der Waals surface area (Å²) >= 11 is 0. The fraction of sp³-hybridized carbons (Fsp3) is 0.533. The SMILES string of the molecule is Br.CCCC1CC(Cc2ccccc2)N(CC(=O)c2cc(C(C)(C)C)c(O)c(C(C)(C)C)c2)C1=N. The first-order chi connectivity index (χ1) is 15.8. The van der Waals surface area contributed by atoms with Crippen molar-refractivity contribution in [3.05, 3.63) is 64.7 Å². The van der Waals surface area contributed by atoms with Crippen molar-refractivity contribution in [3.8, 4) is 5.75 Å². The van der Waals surface area contributed by atoms with Gasteiger partial charge in [0.15, 0.2) is 5.78 Å². The number of halogens is 1. The molecule has 1 aliphatic heterocycles.